The molecule has 2 aromatic rings. The highest BCUT2D eigenvalue weighted by Gasteiger charge is 2.35. The van der Waals surface area contributed by atoms with Crippen LogP contribution >= 0.6 is 0 Å². The Balaban J connectivity index is 1.83. The second-order valence-electron chi connectivity index (χ2n) is 6.09. The summed E-state index contributed by atoms with van der Waals surface area (Å²) < 4.78 is 34.8. The Morgan fingerprint density at radius 1 is 1.40 bits per heavy atom. The van der Waals surface area contributed by atoms with Gasteiger partial charge in [0.05, 0.1) is 6.20 Å². The second kappa shape index (κ2) is 6.64. The lowest BCUT2D eigenvalue weighted by molar-refractivity contribution is -0.121. The van der Waals surface area contributed by atoms with Gasteiger partial charge in [0.15, 0.2) is 0 Å². The van der Waals surface area contributed by atoms with Crippen LogP contribution < -0.4 is 9.62 Å². The number of furan rings is 1. The van der Waals surface area contributed by atoms with Gasteiger partial charge in [-0.3, -0.25) is 9.69 Å². The molecule has 2 aromatic heterocycles. The smallest absolute Gasteiger partial charge is 0.246 e. The van der Waals surface area contributed by atoms with Gasteiger partial charge in [-0.25, -0.2) is 13.1 Å². The van der Waals surface area contributed by atoms with Crippen molar-refractivity contribution >= 4 is 21.7 Å². The zero-order valence-corrected chi connectivity index (χ0v) is 15.3. The van der Waals surface area contributed by atoms with Gasteiger partial charge in [-0.2, -0.15) is 9.82 Å². The van der Waals surface area contributed by atoms with E-state index in [9.17, 15) is 13.2 Å². The highest BCUT2D eigenvalue weighted by atomic mass is 32.2. The molecule has 136 valence electrons. The SMILES string of the molecule is CCn1nccc1N1CCC[C@@H](NS(=O)(=O)c2cc(C)oc2C)C1=O. The third kappa shape index (κ3) is 3.34. The van der Waals surface area contributed by atoms with E-state index < -0.39 is 16.1 Å². The van der Waals surface area contributed by atoms with Crippen LogP contribution in [-0.4, -0.2) is 36.7 Å². The maximum atomic E-state index is 12.8. The predicted octanol–water partition coefficient (Wildman–Crippen LogP) is 1.59. The summed E-state index contributed by atoms with van der Waals surface area (Å²) in [6, 6.07) is 2.44. The lowest BCUT2D eigenvalue weighted by Gasteiger charge is -2.32. The summed E-state index contributed by atoms with van der Waals surface area (Å²) in [6.45, 7) is 6.40. The molecule has 25 heavy (non-hydrogen) atoms. The van der Waals surface area contributed by atoms with Crippen LogP contribution in [0, 0.1) is 13.8 Å². The highest BCUT2D eigenvalue weighted by Crippen LogP contribution is 2.24. The van der Waals surface area contributed by atoms with Crippen LogP contribution in [0.25, 0.3) is 0 Å². The van der Waals surface area contributed by atoms with Gasteiger partial charge in [0, 0.05) is 19.2 Å². The highest BCUT2D eigenvalue weighted by molar-refractivity contribution is 7.89. The number of amides is 1. The first-order chi connectivity index (χ1) is 11.8. The minimum absolute atomic E-state index is 0.0773. The van der Waals surface area contributed by atoms with Crippen molar-refractivity contribution in [3.8, 4) is 0 Å². The number of rotatable bonds is 5. The van der Waals surface area contributed by atoms with E-state index in [1.165, 1.54) is 6.07 Å². The van der Waals surface area contributed by atoms with Gasteiger partial charge in [0.25, 0.3) is 0 Å². The van der Waals surface area contributed by atoms with Gasteiger partial charge in [0.2, 0.25) is 15.9 Å². The lowest BCUT2D eigenvalue weighted by atomic mass is 10.1. The number of aryl methyl sites for hydroxylation is 3. The number of nitrogens with one attached hydrogen (secondary N) is 1. The summed E-state index contributed by atoms with van der Waals surface area (Å²) in [7, 11) is -3.82. The lowest BCUT2D eigenvalue weighted by Crippen LogP contribution is -2.52. The van der Waals surface area contributed by atoms with Crippen molar-refractivity contribution in [2.24, 2.45) is 0 Å². The van der Waals surface area contributed by atoms with Crippen molar-refractivity contribution in [1.82, 2.24) is 14.5 Å². The monoisotopic (exact) mass is 366 g/mol. The molecule has 1 fully saturated rings. The van der Waals surface area contributed by atoms with E-state index in [1.807, 2.05) is 6.92 Å². The Labute approximate surface area is 146 Å². The molecule has 0 spiro atoms. The van der Waals surface area contributed by atoms with Gasteiger partial charge >= 0.3 is 0 Å². The molecule has 0 bridgehead atoms. The topological polar surface area (TPSA) is 97.4 Å². The molecule has 1 saturated heterocycles. The molecule has 3 rings (SSSR count). The van der Waals surface area contributed by atoms with Gasteiger partial charge in [-0.15, -0.1) is 0 Å². The fourth-order valence-electron chi connectivity index (χ4n) is 3.14. The van der Waals surface area contributed by atoms with E-state index in [-0.39, 0.29) is 10.8 Å². The molecule has 1 atom stereocenters. The zero-order chi connectivity index (χ0) is 18.2. The van der Waals surface area contributed by atoms with Gasteiger partial charge in [0.1, 0.15) is 28.3 Å². The fourth-order valence-corrected chi connectivity index (χ4v) is 4.60. The molecule has 1 aliphatic heterocycles. The molecule has 0 aromatic carbocycles. The number of piperidine rings is 1. The summed E-state index contributed by atoms with van der Waals surface area (Å²) >= 11 is 0. The summed E-state index contributed by atoms with van der Waals surface area (Å²) in [5.41, 5.74) is 0. The van der Waals surface area contributed by atoms with Crippen LogP contribution in [0.5, 0.6) is 0 Å². The van der Waals surface area contributed by atoms with Gasteiger partial charge < -0.3 is 4.42 Å². The Bertz CT molecular complexity index is 884. The molecule has 0 saturated carbocycles. The first kappa shape index (κ1) is 17.7. The van der Waals surface area contributed by atoms with Crippen molar-refractivity contribution < 1.29 is 17.6 Å². The number of sulfonamides is 1. The second-order valence-corrected chi connectivity index (χ2v) is 7.77. The average molecular weight is 366 g/mol. The third-order valence-electron chi connectivity index (χ3n) is 4.29. The van der Waals surface area contributed by atoms with Crippen LogP contribution in [0.4, 0.5) is 5.82 Å². The van der Waals surface area contributed by atoms with E-state index in [4.69, 9.17) is 4.42 Å². The van der Waals surface area contributed by atoms with E-state index >= 15 is 0 Å². The zero-order valence-electron chi connectivity index (χ0n) is 14.5. The van der Waals surface area contributed by atoms with Crippen molar-refractivity contribution in [3.05, 3.63) is 29.9 Å². The number of nitrogens with zero attached hydrogens (tertiary/aromatic N) is 3. The maximum absolute atomic E-state index is 12.8. The maximum Gasteiger partial charge on any atom is 0.246 e. The molecule has 9 heteroatoms. The Morgan fingerprint density at radius 2 is 2.16 bits per heavy atom. The van der Waals surface area contributed by atoms with Crippen LogP contribution in [0.3, 0.4) is 0 Å². The number of aromatic nitrogens is 2. The van der Waals surface area contributed by atoms with Crippen LogP contribution in [0.2, 0.25) is 0 Å². The standard InChI is InChI=1S/C16H22N4O4S/c1-4-20-15(7-8-17-20)19-9-5-6-13(16(19)21)18-25(22,23)14-10-11(2)24-12(14)3/h7-8,10,13,18H,4-6,9H2,1-3H3/t13-/m1/s1. The Hall–Kier alpha value is -2.13. The summed E-state index contributed by atoms with van der Waals surface area (Å²) in [5, 5.41) is 4.18. The van der Waals surface area contributed by atoms with Gasteiger partial charge in [-0.05, 0) is 39.7 Å². The van der Waals surface area contributed by atoms with Crippen LogP contribution in [-0.2, 0) is 21.4 Å². The minimum Gasteiger partial charge on any atom is -0.465 e. The first-order valence-electron chi connectivity index (χ1n) is 8.26. The third-order valence-corrected chi connectivity index (χ3v) is 5.87. The minimum atomic E-state index is -3.82. The number of carbonyl (C=O) groups excluding carboxylic acids is 1. The molecule has 8 nitrogen and oxygen atoms in total. The molecule has 0 unspecified atom stereocenters. The predicted molar refractivity (Wildman–Crippen MR) is 91.8 cm³/mol. The normalized spacial score (nSPS) is 18.8. The summed E-state index contributed by atoms with van der Waals surface area (Å²) in [5.74, 6) is 1.25. The van der Waals surface area contributed by atoms with E-state index in [0.717, 1.165) is 0 Å². The quantitative estimate of drug-likeness (QED) is 0.866. The largest absolute Gasteiger partial charge is 0.465 e. The number of anilines is 1. The van der Waals surface area contributed by atoms with Crippen molar-refractivity contribution in [1.29, 1.82) is 0 Å². The first-order valence-corrected chi connectivity index (χ1v) is 9.74. The average Bonchev–Trinajstić information content (AvgIpc) is 3.15. The summed E-state index contributed by atoms with van der Waals surface area (Å²) in [6.07, 6.45) is 2.80. The summed E-state index contributed by atoms with van der Waals surface area (Å²) in [4.78, 5) is 14.5. The molecule has 1 amide bonds. The van der Waals surface area contributed by atoms with Crippen molar-refractivity contribution in [2.75, 3.05) is 11.4 Å². The molecular weight excluding hydrogens is 344 g/mol. The van der Waals surface area contributed by atoms with Crippen molar-refractivity contribution in [3.63, 3.8) is 0 Å². The van der Waals surface area contributed by atoms with Gasteiger partial charge in [-0.1, -0.05) is 0 Å². The van der Waals surface area contributed by atoms with E-state index in [2.05, 4.69) is 9.82 Å². The van der Waals surface area contributed by atoms with E-state index in [1.54, 1.807) is 35.7 Å². The fraction of sp³-hybridized carbons (Fsp3) is 0.500. The van der Waals surface area contributed by atoms with Crippen LogP contribution in [0.15, 0.2) is 27.6 Å². The van der Waals surface area contributed by atoms with Crippen LogP contribution in [0.1, 0.15) is 31.3 Å². The molecular formula is C16H22N4O4S. The number of carbonyl (C=O) groups is 1. The molecule has 0 radical (unpaired) electrons. The molecule has 3 heterocycles. The molecule has 1 N–H and O–H groups in total. The van der Waals surface area contributed by atoms with Crippen molar-refractivity contribution in [2.45, 2.75) is 51.1 Å². The van der Waals surface area contributed by atoms with E-state index in [0.29, 0.717) is 43.3 Å². The Morgan fingerprint density at radius 3 is 2.80 bits per heavy atom. The molecule has 1 aliphatic rings. The number of hydrogen-bond donors (Lipinski definition) is 1. The number of hydrogen-bond acceptors (Lipinski definition) is 5. The molecule has 0 aliphatic carbocycles. The Kier molecular flexibility index (Phi) is 4.70.